The number of para-hydroxylation sites is 1. The van der Waals surface area contributed by atoms with Crippen molar-refractivity contribution in [3.63, 3.8) is 0 Å². The Kier molecular flexibility index (Phi) is 6.24. The third kappa shape index (κ3) is 5.01. The third-order valence-corrected chi connectivity index (χ3v) is 4.22. The monoisotopic (exact) mass is 325 g/mol. The third-order valence-electron chi connectivity index (χ3n) is 4.22. The summed E-state index contributed by atoms with van der Waals surface area (Å²) in [7, 11) is 1.66. The Balaban J connectivity index is 1.85. The SMILES string of the molecule is COc1ccccc1CN=C(N)NCCC(C)(C)c1ccccc1. The van der Waals surface area contributed by atoms with Gasteiger partial charge in [-0.15, -0.1) is 0 Å². The number of methoxy groups -OCH3 is 1. The zero-order chi connectivity index (χ0) is 17.4. The number of nitrogens with one attached hydrogen (secondary N) is 1. The molecule has 0 saturated heterocycles. The number of guanidine groups is 1. The highest BCUT2D eigenvalue weighted by molar-refractivity contribution is 5.77. The average molecular weight is 325 g/mol. The molecule has 128 valence electrons. The van der Waals surface area contributed by atoms with Crippen LogP contribution in [-0.2, 0) is 12.0 Å². The molecule has 0 amide bonds. The molecule has 0 spiro atoms. The van der Waals surface area contributed by atoms with Crippen LogP contribution in [0.4, 0.5) is 0 Å². The Morgan fingerprint density at radius 3 is 2.46 bits per heavy atom. The number of aliphatic imine (C=N–C) groups is 1. The minimum Gasteiger partial charge on any atom is -0.496 e. The van der Waals surface area contributed by atoms with E-state index < -0.39 is 0 Å². The van der Waals surface area contributed by atoms with E-state index in [0.717, 1.165) is 24.3 Å². The van der Waals surface area contributed by atoms with Crippen molar-refractivity contribution < 1.29 is 4.74 Å². The smallest absolute Gasteiger partial charge is 0.188 e. The van der Waals surface area contributed by atoms with Crippen molar-refractivity contribution in [1.82, 2.24) is 5.32 Å². The average Bonchev–Trinajstić information content (AvgIpc) is 2.61. The molecular formula is C20H27N3O. The van der Waals surface area contributed by atoms with Crippen LogP contribution in [0.5, 0.6) is 5.75 Å². The van der Waals surface area contributed by atoms with Gasteiger partial charge in [-0.05, 0) is 23.5 Å². The van der Waals surface area contributed by atoms with E-state index in [1.165, 1.54) is 5.56 Å². The van der Waals surface area contributed by atoms with Gasteiger partial charge in [-0.1, -0.05) is 62.4 Å². The summed E-state index contributed by atoms with van der Waals surface area (Å²) >= 11 is 0. The van der Waals surface area contributed by atoms with Gasteiger partial charge in [-0.25, -0.2) is 4.99 Å². The first-order chi connectivity index (χ1) is 11.5. The largest absolute Gasteiger partial charge is 0.496 e. The van der Waals surface area contributed by atoms with Gasteiger partial charge in [0, 0.05) is 12.1 Å². The van der Waals surface area contributed by atoms with Gasteiger partial charge in [0.25, 0.3) is 0 Å². The van der Waals surface area contributed by atoms with Gasteiger partial charge in [0.15, 0.2) is 5.96 Å². The Morgan fingerprint density at radius 2 is 1.75 bits per heavy atom. The molecular weight excluding hydrogens is 298 g/mol. The van der Waals surface area contributed by atoms with Crippen molar-refractivity contribution in [3.05, 3.63) is 65.7 Å². The van der Waals surface area contributed by atoms with Crippen LogP contribution in [0.25, 0.3) is 0 Å². The fourth-order valence-electron chi connectivity index (χ4n) is 2.60. The molecule has 0 atom stereocenters. The number of nitrogens with two attached hydrogens (primary N) is 1. The van der Waals surface area contributed by atoms with Crippen molar-refractivity contribution in [1.29, 1.82) is 0 Å². The first-order valence-corrected chi connectivity index (χ1v) is 8.24. The molecule has 2 rings (SSSR count). The van der Waals surface area contributed by atoms with Crippen LogP contribution in [0.15, 0.2) is 59.6 Å². The number of nitrogens with zero attached hydrogens (tertiary/aromatic N) is 1. The quantitative estimate of drug-likeness (QED) is 0.605. The topological polar surface area (TPSA) is 59.6 Å². The van der Waals surface area contributed by atoms with Crippen LogP contribution < -0.4 is 15.8 Å². The second-order valence-corrected chi connectivity index (χ2v) is 6.44. The van der Waals surface area contributed by atoms with E-state index in [4.69, 9.17) is 10.5 Å². The van der Waals surface area contributed by atoms with E-state index in [2.05, 4.69) is 48.4 Å². The maximum absolute atomic E-state index is 5.98. The normalized spacial score (nSPS) is 12.0. The van der Waals surface area contributed by atoms with Crippen molar-refractivity contribution in [2.75, 3.05) is 13.7 Å². The van der Waals surface area contributed by atoms with E-state index >= 15 is 0 Å². The highest BCUT2D eigenvalue weighted by Gasteiger charge is 2.19. The molecule has 0 unspecified atom stereocenters. The van der Waals surface area contributed by atoms with Gasteiger partial charge in [0.05, 0.1) is 13.7 Å². The van der Waals surface area contributed by atoms with Crippen LogP contribution in [0.1, 0.15) is 31.4 Å². The van der Waals surface area contributed by atoms with Crippen molar-refractivity contribution in [2.45, 2.75) is 32.2 Å². The fourth-order valence-corrected chi connectivity index (χ4v) is 2.60. The maximum atomic E-state index is 5.98. The van der Waals surface area contributed by atoms with Crippen LogP contribution in [0.3, 0.4) is 0 Å². The van der Waals surface area contributed by atoms with Gasteiger partial charge in [-0.2, -0.15) is 0 Å². The molecule has 0 aliphatic rings. The molecule has 2 aromatic rings. The molecule has 0 fully saturated rings. The van der Waals surface area contributed by atoms with Gasteiger partial charge in [0.2, 0.25) is 0 Å². The zero-order valence-corrected chi connectivity index (χ0v) is 14.8. The van der Waals surface area contributed by atoms with Gasteiger partial charge >= 0.3 is 0 Å². The zero-order valence-electron chi connectivity index (χ0n) is 14.8. The highest BCUT2D eigenvalue weighted by Crippen LogP contribution is 2.26. The van der Waals surface area contributed by atoms with Gasteiger partial charge in [-0.3, -0.25) is 0 Å². The van der Waals surface area contributed by atoms with Crippen LogP contribution in [0, 0.1) is 0 Å². The summed E-state index contributed by atoms with van der Waals surface area (Å²) in [5.41, 5.74) is 8.43. The predicted octanol–water partition coefficient (Wildman–Crippen LogP) is 3.47. The summed E-state index contributed by atoms with van der Waals surface area (Å²) in [6.45, 7) is 5.77. The van der Waals surface area contributed by atoms with E-state index in [1.807, 2.05) is 30.3 Å². The molecule has 2 aromatic carbocycles. The van der Waals surface area contributed by atoms with E-state index in [9.17, 15) is 0 Å². The summed E-state index contributed by atoms with van der Waals surface area (Å²) in [5.74, 6) is 1.30. The number of rotatable bonds is 7. The maximum Gasteiger partial charge on any atom is 0.188 e. The molecule has 0 aliphatic carbocycles. The predicted molar refractivity (Wildman–Crippen MR) is 100 cm³/mol. The van der Waals surface area contributed by atoms with E-state index in [1.54, 1.807) is 7.11 Å². The molecule has 0 bridgehead atoms. The van der Waals surface area contributed by atoms with Crippen LogP contribution in [0.2, 0.25) is 0 Å². The minimum atomic E-state index is 0.0944. The fraction of sp³-hybridized carbons (Fsp3) is 0.350. The second-order valence-electron chi connectivity index (χ2n) is 6.44. The van der Waals surface area contributed by atoms with Crippen molar-refractivity contribution >= 4 is 5.96 Å². The van der Waals surface area contributed by atoms with Crippen molar-refractivity contribution in [2.24, 2.45) is 10.7 Å². The minimum absolute atomic E-state index is 0.0944. The molecule has 0 radical (unpaired) electrons. The Hall–Kier alpha value is -2.49. The van der Waals surface area contributed by atoms with Crippen LogP contribution in [-0.4, -0.2) is 19.6 Å². The Bertz CT molecular complexity index is 666. The summed E-state index contributed by atoms with van der Waals surface area (Å²) in [6, 6.07) is 18.4. The molecule has 0 aromatic heterocycles. The highest BCUT2D eigenvalue weighted by atomic mass is 16.5. The van der Waals surface area contributed by atoms with Crippen LogP contribution >= 0.6 is 0 Å². The lowest BCUT2D eigenvalue weighted by Crippen LogP contribution is -2.35. The number of ether oxygens (including phenoxy) is 1. The lowest BCUT2D eigenvalue weighted by atomic mass is 9.82. The molecule has 4 nitrogen and oxygen atoms in total. The Morgan fingerprint density at radius 1 is 1.08 bits per heavy atom. The number of benzene rings is 2. The summed E-state index contributed by atoms with van der Waals surface area (Å²) < 4.78 is 5.32. The number of hydrogen-bond acceptors (Lipinski definition) is 2. The van der Waals surface area contributed by atoms with Gasteiger partial charge < -0.3 is 15.8 Å². The van der Waals surface area contributed by atoms with Crippen molar-refractivity contribution in [3.8, 4) is 5.75 Å². The standard InChI is InChI=1S/C20H27N3O/c1-20(2,17-10-5-4-6-11-17)13-14-22-19(21)23-15-16-9-7-8-12-18(16)24-3/h4-12H,13-15H2,1-3H3,(H3,21,22,23). The first kappa shape index (κ1) is 17.9. The van der Waals surface area contributed by atoms with Gasteiger partial charge in [0.1, 0.15) is 5.75 Å². The second kappa shape index (κ2) is 8.39. The molecule has 24 heavy (non-hydrogen) atoms. The molecule has 0 saturated carbocycles. The summed E-state index contributed by atoms with van der Waals surface area (Å²) in [5, 5.41) is 3.20. The summed E-state index contributed by atoms with van der Waals surface area (Å²) in [4.78, 5) is 4.40. The molecule has 0 heterocycles. The lowest BCUT2D eigenvalue weighted by molar-refractivity contribution is 0.410. The first-order valence-electron chi connectivity index (χ1n) is 8.24. The lowest BCUT2D eigenvalue weighted by Gasteiger charge is -2.25. The Labute approximate surface area is 144 Å². The molecule has 0 aliphatic heterocycles. The number of hydrogen-bond donors (Lipinski definition) is 2. The van der Waals surface area contributed by atoms with E-state index in [-0.39, 0.29) is 5.41 Å². The summed E-state index contributed by atoms with van der Waals surface area (Å²) in [6.07, 6.45) is 0.974. The van der Waals surface area contributed by atoms with E-state index in [0.29, 0.717) is 12.5 Å². The molecule has 4 heteroatoms. The molecule has 3 N–H and O–H groups in total.